The van der Waals surface area contributed by atoms with Crippen LogP contribution in [-0.4, -0.2) is 19.4 Å². The molecule has 124 valence electrons. The highest BCUT2D eigenvalue weighted by molar-refractivity contribution is 6.14. The molecule has 0 fully saturated rings. The Bertz CT molecular complexity index is 856. The molecule has 0 unspecified atom stereocenters. The van der Waals surface area contributed by atoms with Crippen molar-refractivity contribution in [2.75, 3.05) is 18.5 Å². The summed E-state index contributed by atoms with van der Waals surface area (Å²) in [6.45, 7) is 0.623. The molecule has 0 amide bonds. The van der Waals surface area contributed by atoms with Gasteiger partial charge in [0.2, 0.25) is 5.78 Å². The molecule has 4 nitrogen and oxygen atoms in total. The molecular weight excluding hydrogens is 317 g/mol. The standard InChI is InChI=1S/C20H16FN3O/c1-24(12-2-11-22)19-9-3-15(4-10-19)13-17(14-23)20(25)16-5-7-18(21)8-6-16/h3-10,13H,2,12H2,1H3/b17-13+. The van der Waals surface area contributed by atoms with Crippen molar-refractivity contribution in [2.45, 2.75) is 6.42 Å². The van der Waals surface area contributed by atoms with Crippen LogP contribution in [0.3, 0.4) is 0 Å². The Kier molecular flexibility index (Phi) is 6.03. The van der Waals surface area contributed by atoms with E-state index in [9.17, 15) is 14.4 Å². The SMILES string of the molecule is CN(CCC#N)c1ccc(/C=C(\C#N)C(=O)c2ccc(F)cc2)cc1. The van der Waals surface area contributed by atoms with Gasteiger partial charge in [0.25, 0.3) is 0 Å². The predicted molar refractivity (Wildman–Crippen MR) is 94.3 cm³/mol. The third-order valence-corrected chi connectivity index (χ3v) is 3.68. The molecule has 0 saturated heterocycles. The van der Waals surface area contributed by atoms with Crippen LogP contribution in [-0.2, 0) is 0 Å². The number of carbonyl (C=O) groups excluding carboxylic acids is 1. The fourth-order valence-electron chi connectivity index (χ4n) is 2.24. The van der Waals surface area contributed by atoms with E-state index in [1.807, 2.05) is 30.1 Å². The second-order valence-corrected chi connectivity index (χ2v) is 5.43. The lowest BCUT2D eigenvalue weighted by Crippen LogP contribution is -2.17. The molecular formula is C20H16FN3O. The van der Waals surface area contributed by atoms with Crippen molar-refractivity contribution in [3.8, 4) is 12.1 Å². The van der Waals surface area contributed by atoms with Crippen molar-refractivity contribution < 1.29 is 9.18 Å². The number of ketones is 1. The van der Waals surface area contributed by atoms with Crippen LogP contribution in [0.25, 0.3) is 6.08 Å². The van der Waals surface area contributed by atoms with Crippen molar-refractivity contribution in [1.29, 1.82) is 10.5 Å². The highest BCUT2D eigenvalue weighted by Crippen LogP contribution is 2.17. The number of carbonyl (C=O) groups is 1. The number of hydrogen-bond donors (Lipinski definition) is 0. The van der Waals surface area contributed by atoms with E-state index in [-0.39, 0.29) is 11.1 Å². The number of anilines is 1. The monoisotopic (exact) mass is 333 g/mol. The number of halogens is 1. The van der Waals surface area contributed by atoms with Gasteiger partial charge in [0.15, 0.2) is 0 Å². The lowest BCUT2D eigenvalue weighted by atomic mass is 10.0. The molecule has 0 aliphatic rings. The lowest BCUT2D eigenvalue weighted by molar-refractivity contribution is 0.104. The summed E-state index contributed by atoms with van der Waals surface area (Å²) in [7, 11) is 1.89. The van der Waals surface area contributed by atoms with E-state index in [2.05, 4.69) is 6.07 Å². The van der Waals surface area contributed by atoms with E-state index >= 15 is 0 Å². The summed E-state index contributed by atoms with van der Waals surface area (Å²) in [6, 6.07) is 16.4. The smallest absolute Gasteiger partial charge is 0.203 e. The number of benzene rings is 2. The number of hydrogen-bond acceptors (Lipinski definition) is 4. The molecule has 0 radical (unpaired) electrons. The number of nitrogens with zero attached hydrogens (tertiary/aromatic N) is 3. The quantitative estimate of drug-likeness (QED) is 0.456. The average molecular weight is 333 g/mol. The summed E-state index contributed by atoms with van der Waals surface area (Å²) in [5.74, 6) is -0.882. The van der Waals surface area contributed by atoms with Gasteiger partial charge in [-0.15, -0.1) is 0 Å². The topological polar surface area (TPSA) is 67.9 Å². The maximum absolute atomic E-state index is 12.9. The first-order valence-electron chi connectivity index (χ1n) is 7.65. The Morgan fingerprint density at radius 1 is 1.12 bits per heavy atom. The summed E-state index contributed by atoms with van der Waals surface area (Å²) in [4.78, 5) is 14.3. The van der Waals surface area contributed by atoms with E-state index in [0.717, 1.165) is 5.69 Å². The van der Waals surface area contributed by atoms with Crippen LogP contribution in [0.1, 0.15) is 22.3 Å². The molecule has 0 bridgehead atoms. The minimum absolute atomic E-state index is 0.0165. The van der Waals surface area contributed by atoms with Gasteiger partial charge in [-0.1, -0.05) is 12.1 Å². The Labute approximate surface area is 146 Å². The molecule has 0 spiro atoms. The molecule has 2 rings (SSSR count). The van der Waals surface area contributed by atoms with Crippen LogP contribution in [0.15, 0.2) is 54.1 Å². The normalized spacial score (nSPS) is 10.6. The van der Waals surface area contributed by atoms with Gasteiger partial charge in [0.1, 0.15) is 17.5 Å². The minimum Gasteiger partial charge on any atom is -0.374 e. The van der Waals surface area contributed by atoms with Gasteiger partial charge in [-0.25, -0.2) is 4.39 Å². The summed E-state index contributed by atoms with van der Waals surface area (Å²) >= 11 is 0. The molecule has 2 aromatic carbocycles. The Balaban J connectivity index is 2.19. The van der Waals surface area contributed by atoms with E-state index in [0.29, 0.717) is 18.5 Å². The average Bonchev–Trinajstić information content (AvgIpc) is 2.64. The van der Waals surface area contributed by atoms with E-state index in [1.165, 1.54) is 30.3 Å². The van der Waals surface area contributed by atoms with Crippen molar-refractivity contribution in [3.63, 3.8) is 0 Å². The van der Waals surface area contributed by atoms with Crippen molar-refractivity contribution in [3.05, 3.63) is 71.0 Å². The van der Waals surface area contributed by atoms with Gasteiger partial charge < -0.3 is 4.90 Å². The van der Waals surface area contributed by atoms with Gasteiger partial charge in [-0.2, -0.15) is 10.5 Å². The molecule has 0 aliphatic heterocycles. The van der Waals surface area contributed by atoms with Crippen LogP contribution in [0, 0.1) is 28.5 Å². The molecule has 2 aromatic rings. The fourth-order valence-corrected chi connectivity index (χ4v) is 2.24. The predicted octanol–water partition coefficient (Wildman–Crippen LogP) is 3.97. The molecule has 0 saturated carbocycles. The number of allylic oxidation sites excluding steroid dienone is 1. The molecule has 0 aromatic heterocycles. The molecule has 5 heteroatoms. The summed E-state index contributed by atoms with van der Waals surface area (Å²) in [5.41, 5.74) is 1.90. The molecule has 0 atom stereocenters. The molecule has 0 heterocycles. The Hall–Kier alpha value is -3.44. The zero-order valence-corrected chi connectivity index (χ0v) is 13.7. The fraction of sp³-hybridized carbons (Fsp3) is 0.150. The molecule has 0 aliphatic carbocycles. The van der Waals surface area contributed by atoms with Gasteiger partial charge >= 0.3 is 0 Å². The minimum atomic E-state index is -0.447. The van der Waals surface area contributed by atoms with Crippen molar-refractivity contribution in [1.82, 2.24) is 0 Å². The first kappa shape index (κ1) is 17.9. The van der Waals surface area contributed by atoms with Crippen LogP contribution < -0.4 is 4.90 Å². The summed E-state index contributed by atoms with van der Waals surface area (Å²) < 4.78 is 12.9. The number of Topliss-reactive ketones (excluding diaryl/α,β-unsaturated/α-hetero) is 1. The van der Waals surface area contributed by atoms with Crippen LogP contribution in [0.4, 0.5) is 10.1 Å². The first-order valence-corrected chi connectivity index (χ1v) is 7.65. The Morgan fingerprint density at radius 2 is 1.76 bits per heavy atom. The highest BCUT2D eigenvalue weighted by atomic mass is 19.1. The van der Waals surface area contributed by atoms with Crippen LogP contribution in [0.5, 0.6) is 0 Å². The largest absolute Gasteiger partial charge is 0.374 e. The number of nitriles is 2. The zero-order valence-electron chi connectivity index (χ0n) is 13.7. The van der Waals surface area contributed by atoms with E-state index in [4.69, 9.17) is 5.26 Å². The zero-order chi connectivity index (χ0) is 18.2. The number of rotatable bonds is 6. The molecule has 0 N–H and O–H groups in total. The maximum atomic E-state index is 12.9. The lowest BCUT2D eigenvalue weighted by Gasteiger charge is -2.17. The van der Waals surface area contributed by atoms with Crippen molar-refractivity contribution >= 4 is 17.5 Å². The van der Waals surface area contributed by atoms with E-state index < -0.39 is 11.6 Å². The van der Waals surface area contributed by atoms with Crippen LogP contribution >= 0.6 is 0 Å². The van der Waals surface area contributed by atoms with Crippen molar-refractivity contribution in [2.24, 2.45) is 0 Å². The molecule has 25 heavy (non-hydrogen) atoms. The highest BCUT2D eigenvalue weighted by Gasteiger charge is 2.12. The summed E-state index contributed by atoms with van der Waals surface area (Å²) in [5, 5.41) is 17.9. The second kappa shape index (κ2) is 8.42. The van der Waals surface area contributed by atoms with Gasteiger partial charge in [0, 0.05) is 24.8 Å². The second-order valence-electron chi connectivity index (χ2n) is 5.43. The first-order chi connectivity index (χ1) is 12.0. The summed E-state index contributed by atoms with van der Waals surface area (Å²) in [6.07, 6.45) is 1.94. The van der Waals surface area contributed by atoms with Gasteiger partial charge in [0.05, 0.1) is 12.5 Å². The Morgan fingerprint density at radius 3 is 2.32 bits per heavy atom. The van der Waals surface area contributed by atoms with E-state index in [1.54, 1.807) is 12.1 Å². The third-order valence-electron chi connectivity index (χ3n) is 3.68. The van der Waals surface area contributed by atoms with Crippen LogP contribution in [0.2, 0.25) is 0 Å². The third kappa shape index (κ3) is 4.76. The van der Waals surface area contributed by atoms with Gasteiger partial charge in [-0.05, 0) is 48.0 Å². The van der Waals surface area contributed by atoms with Gasteiger partial charge in [-0.3, -0.25) is 4.79 Å². The maximum Gasteiger partial charge on any atom is 0.203 e.